The highest BCUT2D eigenvalue weighted by atomic mass is 16.2. The molecule has 0 aromatic carbocycles. The highest BCUT2D eigenvalue weighted by Crippen LogP contribution is 2.02. The number of nitrogens with one attached hydrogen (secondary N) is 2. The summed E-state index contributed by atoms with van der Waals surface area (Å²) in [5, 5.41) is 5.89. The molecule has 0 aliphatic rings. The molecule has 3 nitrogen and oxygen atoms in total. The lowest BCUT2D eigenvalue weighted by atomic mass is 10.0. The summed E-state index contributed by atoms with van der Waals surface area (Å²) < 4.78 is 0. The molecule has 0 bridgehead atoms. The highest BCUT2D eigenvalue weighted by Gasteiger charge is 2.24. The maximum Gasteiger partial charge on any atom is 0.239 e. The zero-order chi connectivity index (χ0) is 10.5. The zero-order valence-corrected chi connectivity index (χ0v) is 9.40. The van der Waals surface area contributed by atoms with E-state index in [4.69, 9.17) is 0 Å². The second kappa shape index (κ2) is 5.22. The Morgan fingerprint density at radius 2 is 2.00 bits per heavy atom. The van der Waals surface area contributed by atoms with Crippen molar-refractivity contribution in [1.82, 2.24) is 10.6 Å². The van der Waals surface area contributed by atoms with Crippen molar-refractivity contribution >= 4 is 5.91 Å². The van der Waals surface area contributed by atoms with E-state index in [0.29, 0.717) is 5.92 Å². The second-order valence-electron chi connectivity index (χ2n) is 4.10. The lowest BCUT2D eigenvalue weighted by Crippen LogP contribution is -2.51. The molecule has 0 saturated heterocycles. The van der Waals surface area contributed by atoms with Gasteiger partial charge in [0.2, 0.25) is 5.91 Å². The minimum Gasteiger partial charge on any atom is -0.354 e. The van der Waals surface area contributed by atoms with Gasteiger partial charge in [0.1, 0.15) is 0 Å². The Morgan fingerprint density at radius 3 is 2.38 bits per heavy atom. The van der Waals surface area contributed by atoms with E-state index in [9.17, 15) is 4.79 Å². The lowest BCUT2D eigenvalue weighted by molar-refractivity contribution is -0.126. The quantitative estimate of drug-likeness (QED) is 0.676. The first-order valence-corrected chi connectivity index (χ1v) is 4.91. The predicted molar refractivity (Wildman–Crippen MR) is 55.6 cm³/mol. The molecule has 0 heterocycles. The Balaban J connectivity index is 3.88. The molecule has 78 valence electrons. The number of hydrogen-bond acceptors (Lipinski definition) is 2. The van der Waals surface area contributed by atoms with E-state index in [1.165, 1.54) is 0 Å². The molecule has 0 aliphatic carbocycles. The molecule has 0 saturated carbocycles. The van der Waals surface area contributed by atoms with Crippen LogP contribution in [0.2, 0.25) is 0 Å². The molecule has 1 unspecified atom stereocenters. The van der Waals surface area contributed by atoms with Crippen molar-refractivity contribution in [3.05, 3.63) is 0 Å². The first-order chi connectivity index (χ1) is 5.94. The van der Waals surface area contributed by atoms with Gasteiger partial charge in [0.15, 0.2) is 0 Å². The number of carbonyl (C=O) groups is 1. The zero-order valence-electron chi connectivity index (χ0n) is 9.40. The first kappa shape index (κ1) is 12.4. The van der Waals surface area contributed by atoms with Crippen LogP contribution in [0.25, 0.3) is 0 Å². The van der Waals surface area contributed by atoms with Gasteiger partial charge in [0.05, 0.1) is 5.54 Å². The maximum atomic E-state index is 11.5. The third-order valence-electron chi connectivity index (χ3n) is 2.50. The van der Waals surface area contributed by atoms with Crippen molar-refractivity contribution < 1.29 is 4.79 Å². The third-order valence-corrected chi connectivity index (χ3v) is 2.50. The molecule has 0 fully saturated rings. The van der Waals surface area contributed by atoms with Crippen molar-refractivity contribution in [2.45, 2.75) is 39.7 Å². The number of amides is 1. The molecular weight excluding hydrogens is 164 g/mol. The van der Waals surface area contributed by atoms with Gasteiger partial charge in [-0.05, 0) is 26.8 Å². The van der Waals surface area contributed by atoms with Crippen molar-refractivity contribution in [2.75, 3.05) is 13.6 Å². The lowest BCUT2D eigenvalue weighted by Gasteiger charge is -2.23. The summed E-state index contributed by atoms with van der Waals surface area (Å²) in [4.78, 5) is 11.5. The predicted octanol–water partition coefficient (Wildman–Crippen LogP) is 1.15. The fourth-order valence-electron chi connectivity index (χ4n) is 0.746. The van der Waals surface area contributed by atoms with Crippen LogP contribution in [-0.4, -0.2) is 25.0 Å². The molecule has 1 atom stereocenters. The van der Waals surface area contributed by atoms with Gasteiger partial charge in [-0.3, -0.25) is 4.79 Å². The van der Waals surface area contributed by atoms with Gasteiger partial charge in [0, 0.05) is 6.54 Å². The van der Waals surface area contributed by atoms with Gasteiger partial charge in [-0.2, -0.15) is 0 Å². The Kier molecular flexibility index (Phi) is 4.99. The summed E-state index contributed by atoms with van der Waals surface area (Å²) >= 11 is 0. The number of rotatable bonds is 5. The molecule has 3 heteroatoms. The molecule has 0 rings (SSSR count). The van der Waals surface area contributed by atoms with Gasteiger partial charge in [-0.25, -0.2) is 0 Å². The molecule has 0 aliphatic heterocycles. The Morgan fingerprint density at radius 1 is 1.46 bits per heavy atom. The molecule has 0 spiro atoms. The fourth-order valence-corrected chi connectivity index (χ4v) is 0.746. The van der Waals surface area contributed by atoms with Crippen molar-refractivity contribution in [2.24, 2.45) is 5.92 Å². The molecular formula is C10H22N2O. The van der Waals surface area contributed by atoms with Gasteiger partial charge < -0.3 is 10.6 Å². The van der Waals surface area contributed by atoms with Crippen LogP contribution in [0.5, 0.6) is 0 Å². The van der Waals surface area contributed by atoms with Gasteiger partial charge in [-0.1, -0.05) is 20.3 Å². The minimum absolute atomic E-state index is 0.0651. The van der Waals surface area contributed by atoms with Crippen LogP contribution in [0.4, 0.5) is 0 Å². The van der Waals surface area contributed by atoms with Crippen LogP contribution >= 0.6 is 0 Å². The number of carbonyl (C=O) groups excluding carboxylic acids is 1. The topological polar surface area (TPSA) is 41.1 Å². The summed E-state index contributed by atoms with van der Waals surface area (Å²) in [5.74, 6) is 0.618. The molecule has 13 heavy (non-hydrogen) atoms. The average Bonchev–Trinajstić information content (AvgIpc) is 2.13. The SMILES string of the molecule is CCC(C)CNC(=O)C(C)(C)NC. The molecule has 0 aromatic heterocycles. The monoisotopic (exact) mass is 186 g/mol. The largest absolute Gasteiger partial charge is 0.354 e. The highest BCUT2D eigenvalue weighted by molar-refractivity contribution is 5.85. The van der Waals surface area contributed by atoms with Gasteiger partial charge in [-0.15, -0.1) is 0 Å². The Hall–Kier alpha value is -0.570. The Labute approximate surface area is 81.3 Å². The van der Waals surface area contributed by atoms with Crippen molar-refractivity contribution in [3.8, 4) is 0 Å². The van der Waals surface area contributed by atoms with Crippen LogP contribution < -0.4 is 10.6 Å². The summed E-state index contributed by atoms with van der Waals surface area (Å²) in [6, 6.07) is 0. The summed E-state index contributed by atoms with van der Waals surface area (Å²) in [5.41, 5.74) is -0.465. The Bertz CT molecular complexity index is 166. The summed E-state index contributed by atoms with van der Waals surface area (Å²) in [6.45, 7) is 8.77. The first-order valence-electron chi connectivity index (χ1n) is 4.91. The summed E-state index contributed by atoms with van der Waals surface area (Å²) in [7, 11) is 1.79. The minimum atomic E-state index is -0.465. The molecule has 0 aromatic rings. The van der Waals surface area contributed by atoms with Crippen LogP contribution in [0.15, 0.2) is 0 Å². The second-order valence-corrected chi connectivity index (χ2v) is 4.10. The van der Waals surface area contributed by atoms with E-state index in [0.717, 1.165) is 13.0 Å². The van der Waals surface area contributed by atoms with Crippen molar-refractivity contribution in [1.29, 1.82) is 0 Å². The average molecular weight is 186 g/mol. The maximum absolute atomic E-state index is 11.5. The normalized spacial score (nSPS) is 13.9. The third kappa shape index (κ3) is 4.27. The van der Waals surface area contributed by atoms with E-state index >= 15 is 0 Å². The van der Waals surface area contributed by atoms with Gasteiger partial charge in [0.25, 0.3) is 0 Å². The number of hydrogen-bond donors (Lipinski definition) is 2. The van der Waals surface area contributed by atoms with E-state index < -0.39 is 5.54 Å². The smallest absolute Gasteiger partial charge is 0.239 e. The van der Waals surface area contributed by atoms with E-state index in [-0.39, 0.29) is 5.91 Å². The van der Waals surface area contributed by atoms with Crippen molar-refractivity contribution in [3.63, 3.8) is 0 Å². The standard InChI is InChI=1S/C10H22N2O/c1-6-8(2)7-12-9(13)10(3,4)11-5/h8,11H,6-7H2,1-5H3,(H,12,13). The molecule has 1 amide bonds. The van der Waals surface area contributed by atoms with Crippen LogP contribution in [0.3, 0.4) is 0 Å². The number of likely N-dealkylation sites (N-methyl/N-ethyl adjacent to an activating group) is 1. The van der Waals surface area contributed by atoms with Crippen LogP contribution in [-0.2, 0) is 4.79 Å². The summed E-state index contributed by atoms with van der Waals surface area (Å²) in [6.07, 6.45) is 1.10. The van der Waals surface area contributed by atoms with Crippen LogP contribution in [0, 0.1) is 5.92 Å². The molecule has 2 N–H and O–H groups in total. The van der Waals surface area contributed by atoms with Gasteiger partial charge >= 0.3 is 0 Å². The molecule has 0 radical (unpaired) electrons. The fraction of sp³-hybridized carbons (Fsp3) is 0.900. The van der Waals surface area contributed by atoms with E-state index in [1.54, 1.807) is 7.05 Å². The van der Waals surface area contributed by atoms with E-state index in [2.05, 4.69) is 24.5 Å². The van der Waals surface area contributed by atoms with E-state index in [1.807, 2.05) is 13.8 Å². The van der Waals surface area contributed by atoms with Crippen LogP contribution in [0.1, 0.15) is 34.1 Å².